The van der Waals surface area contributed by atoms with E-state index in [0.717, 1.165) is 23.8 Å². The molecule has 0 bridgehead atoms. The maximum atomic E-state index is 3.73. The predicted molar refractivity (Wildman–Crippen MR) is 78.8 cm³/mol. The molecular weight excluding hydrogens is 220 g/mol. The fourth-order valence-electron chi connectivity index (χ4n) is 3.67. The molecule has 2 heteroatoms. The molecule has 0 aromatic heterocycles. The molecule has 2 aliphatic heterocycles. The minimum absolute atomic E-state index is 0.745. The molecule has 2 aliphatic rings. The number of hydrogen-bond donors (Lipinski definition) is 1. The van der Waals surface area contributed by atoms with Crippen molar-refractivity contribution in [1.82, 2.24) is 10.2 Å². The van der Waals surface area contributed by atoms with E-state index in [4.69, 9.17) is 0 Å². The van der Waals surface area contributed by atoms with Crippen molar-refractivity contribution in [2.75, 3.05) is 26.2 Å². The van der Waals surface area contributed by atoms with Crippen LogP contribution in [0, 0.1) is 17.8 Å². The van der Waals surface area contributed by atoms with Crippen molar-refractivity contribution < 1.29 is 0 Å². The zero-order chi connectivity index (χ0) is 13.0. The summed E-state index contributed by atoms with van der Waals surface area (Å²) in [7, 11) is 0. The first-order valence-corrected chi connectivity index (χ1v) is 8.12. The molecule has 0 aromatic rings. The first kappa shape index (κ1) is 14.3. The lowest BCUT2D eigenvalue weighted by atomic mass is 9.89. The van der Waals surface area contributed by atoms with Crippen LogP contribution in [0.3, 0.4) is 0 Å². The van der Waals surface area contributed by atoms with Crippen LogP contribution in [0.5, 0.6) is 0 Å². The van der Waals surface area contributed by atoms with Crippen LogP contribution in [-0.4, -0.2) is 37.1 Å². The number of nitrogens with one attached hydrogen (secondary N) is 1. The standard InChI is InChI=1S/C16H32N2/c1-13(2)15-7-5-10-18(11-8-15)12-16-14(3)6-4-9-17-16/h13-17H,4-12H2,1-3H3. The van der Waals surface area contributed by atoms with E-state index in [1.54, 1.807) is 0 Å². The zero-order valence-corrected chi connectivity index (χ0v) is 12.6. The number of piperidine rings is 1. The second-order valence-electron chi connectivity index (χ2n) is 6.92. The second kappa shape index (κ2) is 6.91. The molecule has 0 aromatic carbocycles. The average Bonchev–Trinajstić information content (AvgIpc) is 2.58. The summed E-state index contributed by atoms with van der Waals surface area (Å²) in [6.45, 7) is 12.4. The third-order valence-corrected chi connectivity index (χ3v) is 5.19. The van der Waals surface area contributed by atoms with Crippen molar-refractivity contribution in [2.45, 2.75) is 58.9 Å². The summed E-state index contributed by atoms with van der Waals surface area (Å²) in [5, 5.41) is 3.73. The Labute approximate surface area is 114 Å². The predicted octanol–water partition coefficient (Wildman–Crippen LogP) is 3.13. The maximum absolute atomic E-state index is 3.73. The minimum Gasteiger partial charge on any atom is -0.312 e. The van der Waals surface area contributed by atoms with Gasteiger partial charge in [0.25, 0.3) is 0 Å². The van der Waals surface area contributed by atoms with Gasteiger partial charge in [0, 0.05) is 12.6 Å². The molecule has 2 heterocycles. The van der Waals surface area contributed by atoms with E-state index in [1.165, 1.54) is 58.3 Å². The van der Waals surface area contributed by atoms with Crippen LogP contribution >= 0.6 is 0 Å². The molecule has 1 N–H and O–H groups in total. The van der Waals surface area contributed by atoms with Crippen molar-refractivity contribution in [3.05, 3.63) is 0 Å². The lowest BCUT2D eigenvalue weighted by molar-refractivity contribution is 0.192. The van der Waals surface area contributed by atoms with Gasteiger partial charge in [-0.3, -0.25) is 0 Å². The van der Waals surface area contributed by atoms with Crippen LogP contribution in [0.1, 0.15) is 52.9 Å². The van der Waals surface area contributed by atoms with Gasteiger partial charge < -0.3 is 10.2 Å². The molecule has 0 amide bonds. The molecule has 0 spiro atoms. The van der Waals surface area contributed by atoms with Crippen LogP contribution in [0.15, 0.2) is 0 Å². The number of likely N-dealkylation sites (tertiary alicyclic amines) is 1. The highest BCUT2D eigenvalue weighted by molar-refractivity contribution is 4.83. The smallest absolute Gasteiger partial charge is 0.0220 e. The Morgan fingerprint density at radius 1 is 1.11 bits per heavy atom. The molecule has 0 saturated carbocycles. The molecule has 18 heavy (non-hydrogen) atoms. The molecule has 0 aliphatic carbocycles. The Morgan fingerprint density at radius 3 is 2.67 bits per heavy atom. The molecule has 2 fully saturated rings. The summed E-state index contributed by atoms with van der Waals surface area (Å²) < 4.78 is 0. The molecule has 2 nitrogen and oxygen atoms in total. The van der Waals surface area contributed by atoms with E-state index in [0.29, 0.717) is 0 Å². The summed E-state index contributed by atoms with van der Waals surface area (Å²) in [6, 6.07) is 0.745. The van der Waals surface area contributed by atoms with Gasteiger partial charge >= 0.3 is 0 Å². The normalized spacial score (nSPS) is 35.7. The largest absolute Gasteiger partial charge is 0.312 e. The lowest BCUT2D eigenvalue weighted by Gasteiger charge is -2.34. The third-order valence-electron chi connectivity index (χ3n) is 5.19. The highest BCUT2D eigenvalue weighted by Crippen LogP contribution is 2.25. The highest BCUT2D eigenvalue weighted by atomic mass is 15.2. The SMILES string of the molecule is CC(C)C1CCCN(CC2NCCCC2C)CC1. The van der Waals surface area contributed by atoms with Gasteiger partial charge in [0.1, 0.15) is 0 Å². The minimum atomic E-state index is 0.745. The molecule has 2 rings (SSSR count). The molecule has 0 radical (unpaired) electrons. The molecular formula is C16H32N2. The maximum Gasteiger partial charge on any atom is 0.0220 e. The van der Waals surface area contributed by atoms with Gasteiger partial charge in [-0.05, 0) is 69.5 Å². The van der Waals surface area contributed by atoms with Crippen LogP contribution < -0.4 is 5.32 Å². The van der Waals surface area contributed by atoms with Gasteiger partial charge in [0.2, 0.25) is 0 Å². The molecule has 3 atom stereocenters. The van der Waals surface area contributed by atoms with E-state index in [9.17, 15) is 0 Å². The van der Waals surface area contributed by atoms with Crippen molar-refractivity contribution in [1.29, 1.82) is 0 Å². The van der Waals surface area contributed by atoms with Gasteiger partial charge in [0.15, 0.2) is 0 Å². The van der Waals surface area contributed by atoms with E-state index < -0.39 is 0 Å². The van der Waals surface area contributed by atoms with E-state index in [1.807, 2.05) is 0 Å². The fourth-order valence-corrected chi connectivity index (χ4v) is 3.67. The van der Waals surface area contributed by atoms with Crippen molar-refractivity contribution in [3.8, 4) is 0 Å². The molecule has 3 unspecified atom stereocenters. The van der Waals surface area contributed by atoms with Gasteiger partial charge in [-0.2, -0.15) is 0 Å². The van der Waals surface area contributed by atoms with Gasteiger partial charge in [-0.1, -0.05) is 20.8 Å². The number of nitrogens with zero attached hydrogens (tertiary/aromatic N) is 1. The molecule has 2 saturated heterocycles. The fraction of sp³-hybridized carbons (Fsp3) is 1.00. The Kier molecular flexibility index (Phi) is 5.50. The topological polar surface area (TPSA) is 15.3 Å². The van der Waals surface area contributed by atoms with Gasteiger partial charge in [-0.25, -0.2) is 0 Å². The van der Waals surface area contributed by atoms with Gasteiger partial charge in [-0.15, -0.1) is 0 Å². The lowest BCUT2D eigenvalue weighted by Crippen LogP contribution is -2.48. The van der Waals surface area contributed by atoms with E-state index in [2.05, 4.69) is 31.0 Å². The summed E-state index contributed by atoms with van der Waals surface area (Å²) >= 11 is 0. The Hall–Kier alpha value is -0.0800. The third kappa shape index (κ3) is 3.96. The van der Waals surface area contributed by atoms with E-state index >= 15 is 0 Å². The highest BCUT2D eigenvalue weighted by Gasteiger charge is 2.25. The molecule has 106 valence electrons. The quantitative estimate of drug-likeness (QED) is 0.830. The average molecular weight is 252 g/mol. The van der Waals surface area contributed by atoms with E-state index in [-0.39, 0.29) is 0 Å². The Bertz CT molecular complexity index is 239. The van der Waals surface area contributed by atoms with Crippen molar-refractivity contribution >= 4 is 0 Å². The summed E-state index contributed by atoms with van der Waals surface area (Å²) in [6.07, 6.45) is 7.05. The summed E-state index contributed by atoms with van der Waals surface area (Å²) in [5.41, 5.74) is 0. The monoisotopic (exact) mass is 252 g/mol. The number of rotatable bonds is 3. The Balaban J connectivity index is 1.79. The van der Waals surface area contributed by atoms with Gasteiger partial charge in [0.05, 0.1) is 0 Å². The van der Waals surface area contributed by atoms with Crippen LogP contribution in [0.2, 0.25) is 0 Å². The first-order chi connectivity index (χ1) is 8.66. The van der Waals surface area contributed by atoms with Crippen LogP contribution in [0.4, 0.5) is 0 Å². The van der Waals surface area contributed by atoms with Crippen LogP contribution in [0.25, 0.3) is 0 Å². The summed E-state index contributed by atoms with van der Waals surface area (Å²) in [4.78, 5) is 2.72. The van der Waals surface area contributed by atoms with Crippen molar-refractivity contribution in [3.63, 3.8) is 0 Å². The zero-order valence-electron chi connectivity index (χ0n) is 12.6. The number of hydrogen-bond acceptors (Lipinski definition) is 2. The van der Waals surface area contributed by atoms with Crippen LogP contribution in [-0.2, 0) is 0 Å². The summed E-state index contributed by atoms with van der Waals surface area (Å²) in [5.74, 6) is 2.70. The second-order valence-corrected chi connectivity index (χ2v) is 6.92. The Morgan fingerprint density at radius 2 is 1.94 bits per heavy atom. The first-order valence-electron chi connectivity index (χ1n) is 8.12. The van der Waals surface area contributed by atoms with Crippen molar-refractivity contribution in [2.24, 2.45) is 17.8 Å².